The van der Waals surface area contributed by atoms with Crippen LogP contribution in [-0.4, -0.2) is 28.9 Å². The predicted octanol–water partition coefficient (Wildman–Crippen LogP) is 1.81. The van der Waals surface area contributed by atoms with Gasteiger partial charge in [0.1, 0.15) is 0 Å². The van der Waals surface area contributed by atoms with Crippen LogP contribution in [0.15, 0.2) is 23.1 Å². The van der Waals surface area contributed by atoms with E-state index in [1.54, 1.807) is 13.8 Å². The fourth-order valence-electron chi connectivity index (χ4n) is 1.61. The van der Waals surface area contributed by atoms with Crippen LogP contribution in [0.5, 0.6) is 0 Å². The number of nitrogens with one attached hydrogen (secondary N) is 2. The molecule has 2 N–H and O–H groups in total. The van der Waals surface area contributed by atoms with Crippen LogP contribution >= 0.6 is 0 Å². The van der Waals surface area contributed by atoms with E-state index in [0.717, 1.165) is 18.2 Å². The molecule has 6 nitrogen and oxygen atoms in total. The number of aryl methyl sites for hydroxylation is 1. The SMILES string of the molecule is CCNS(=O)(=O)c1ccc(NS(=O)(=O)C(F)(F)F)c(CC)c1. The van der Waals surface area contributed by atoms with E-state index >= 15 is 0 Å². The van der Waals surface area contributed by atoms with E-state index in [9.17, 15) is 30.0 Å². The van der Waals surface area contributed by atoms with Gasteiger partial charge in [-0.15, -0.1) is 0 Å². The Morgan fingerprint density at radius 1 is 1.09 bits per heavy atom. The highest BCUT2D eigenvalue weighted by Gasteiger charge is 2.46. The van der Waals surface area contributed by atoms with Crippen molar-refractivity contribution < 1.29 is 30.0 Å². The lowest BCUT2D eigenvalue weighted by Gasteiger charge is -2.14. The second-order valence-electron chi connectivity index (χ2n) is 4.23. The van der Waals surface area contributed by atoms with Crippen molar-refractivity contribution >= 4 is 25.7 Å². The summed E-state index contributed by atoms with van der Waals surface area (Å²) >= 11 is 0. The topological polar surface area (TPSA) is 92.3 Å². The largest absolute Gasteiger partial charge is 0.516 e. The van der Waals surface area contributed by atoms with E-state index in [1.807, 2.05) is 0 Å². The Morgan fingerprint density at radius 3 is 2.14 bits per heavy atom. The van der Waals surface area contributed by atoms with Gasteiger partial charge in [0, 0.05) is 6.54 Å². The van der Waals surface area contributed by atoms with Gasteiger partial charge in [-0.25, -0.2) is 13.1 Å². The molecule has 0 saturated carbocycles. The van der Waals surface area contributed by atoms with Crippen molar-refractivity contribution in [3.63, 3.8) is 0 Å². The summed E-state index contributed by atoms with van der Waals surface area (Å²) in [5.74, 6) is 0. The van der Waals surface area contributed by atoms with Gasteiger partial charge in [0.25, 0.3) is 0 Å². The molecule has 1 aromatic rings. The number of hydrogen-bond donors (Lipinski definition) is 2. The third-order valence-corrected chi connectivity index (χ3v) is 5.29. The molecule has 0 radical (unpaired) electrons. The second kappa shape index (κ2) is 6.42. The van der Waals surface area contributed by atoms with Gasteiger partial charge in [-0.1, -0.05) is 13.8 Å². The van der Waals surface area contributed by atoms with Crippen molar-refractivity contribution in [3.8, 4) is 0 Å². The number of halogens is 3. The molecule has 126 valence electrons. The van der Waals surface area contributed by atoms with Crippen LogP contribution in [0.2, 0.25) is 0 Å². The van der Waals surface area contributed by atoms with Crippen molar-refractivity contribution in [2.45, 2.75) is 30.7 Å². The Kier molecular flexibility index (Phi) is 5.47. The first-order valence-corrected chi connectivity index (χ1v) is 9.13. The zero-order valence-electron chi connectivity index (χ0n) is 11.7. The van der Waals surface area contributed by atoms with Crippen LogP contribution in [0.4, 0.5) is 18.9 Å². The molecular weight excluding hydrogens is 345 g/mol. The zero-order valence-corrected chi connectivity index (χ0v) is 13.4. The first-order valence-electron chi connectivity index (χ1n) is 6.16. The highest BCUT2D eigenvalue weighted by atomic mass is 32.2. The highest BCUT2D eigenvalue weighted by Crippen LogP contribution is 2.28. The molecule has 0 aliphatic rings. The molecular formula is C11H15F3N2O4S2. The van der Waals surface area contributed by atoms with Gasteiger partial charge >= 0.3 is 15.5 Å². The van der Waals surface area contributed by atoms with Gasteiger partial charge < -0.3 is 0 Å². The van der Waals surface area contributed by atoms with E-state index in [-0.39, 0.29) is 29.1 Å². The number of benzene rings is 1. The summed E-state index contributed by atoms with van der Waals surface area (Å²) in [4.78, 5) is -0.152. The summed E-state index contributed by atoms with van der Waals surface area (Å²) < 4.78 is 86.6. The van der Waals surface area contributed by atoms with Crippen molar-refractivity contribution in [2.24, 2.45) is 0 Å². The lowest BCUT2D eigenvalue weighted by Crippen LogP contribution is -2.30. The van der Waals surface area contributed by atoms with E-state index < -0.39 is 25.6 Å². The van der Waals surface area contributed by atoms with Crippen LogP contribution in [0, 0.1) is 0 Å². The molecule has 0 spiro atoms. The van der Waals surface area contributed by atoms with Crippen LogP contribution in [0.1, 0.15) is 19.4 Å². The number of alkyl halides is 3. The summed E-state index contributed by atoms with van der Waals surface area (Å²) in [6.07, 6.45) is 0.144. The smallest absolute Gasteiger partial charge is 0.276 e. The number of anilines is 1. The van der Waals surface area contributed by atoms with Crippen LogP contribution in [0.3, 0.4) is 0 Å². The Labute approximate surface area is 126 Å². The maximum absolute atomic E-state index is 12.4. The minimum absolute atomic E-state index is 0.131. The molecule has 0 amide bonds. The molecule has 0 aromatic heterocycles. The number of sulfonamides is 2. The fraction of sp³-hybridized carbons (Fsp3) is 0.455. The maximum atomic E-state index is 12.4. The molecule has 0 saturated heterocycles. The first-order chi connectivity index (χ1) is 9.94. The van der Waals surface area contributed by atoms with E-state index in [4.69, 9.17) is 0 Å². The zero-order chi connectivity index (χ0) is 17.2. The molecule has 1 rings (SSSR count). The van der Waals surface area contributed by atoms with Crippen molar-refractivity contribution in [1.82, 2.24) is 4.72 Å². The van der Waals surface area contributed by atoms with Gasteiger partial charge in [0.15, 0.2) is 0 Å². The molecule has 0 unspecified atom stereocenters. The number of hydrogen-bond acceptors (Lipinski definition) is 4. The van der Waals surface area contributed by atoms with Gasteiger partial charge in [-0.2, -0.15) is 21.6 Å². The molecule has 0 heterocycles. The van der Waals surface area contributed by atoms with Gasteiger partial charge in [-0.3, -0.25) is 4.72 Å². The Hall–Kier alpha value is -1.33. The highest BCUT2D eigenvalue weighted by molar-refractivity contribution is 7.93. The Morgan fingerprint density at radius 2 is 1.68 bits per heavy atom. The van der Waals surface area contributed by atoms with Crippen LogP contribution in [-0.2, 0) is 26.5 Å². The maximum Gasteiger partial charge on any atom is 0.516 e. The monoisotopic (exact) mass is 360 g/mol. The van der Waals surface area contributed by atoms with Crippen molar-refractivity contribution in [2.75, 3.05) is 11.3 Å². The lowest BCUT2D eigenvalue weighted by atomic mass is 10.1. The Bertz CT molecular complexity index is 743. The minimum atomic E-state index is -5.56. The number of rotatable bonds is 6. The third kappa shape index (κ3) is 4.11. The van der Waals surface area contributed by atoms with E-state index in [1.165, 1.54) is 4.72 Å². The molecule has 0 aliphatic heterocycles. The van der Waals surface area contributed by atoms with Gasteiger partial charge in [-0.05, 0) is 30.2 Å². The Balaban J connectivity index is 3.27. The van der Waals surface area contributed by atoms with Crippen molar-refractivity contribution in [1.29, 1.82) is 0 Å². The second-order valence-corrected chi connectivity index (χ2v) is 7.67. The molecule has 0 bridgehead atoms. The summed E-state index contributed by atoms with van der Waals surface area (Å²) in [5.41, 5.74) is -5.63. The summed E-state index contributed by atoms with van der Waals surface area (Å²) in [7, 11) is -9.34. The average molecular weight is 360 g/mol. The quantitative estimate of drug-likeness (QED) is 0.809. The van der Waals surface area contributed by atoms with Crippen molar-refractivity contribution in [3.05, 3.63) is 23.8 Å². The normalized spacial score (nSPS) is 13.1. The molecule has 0 atom stereocenters. The van der Waals surface area contributed by atoms with E-state index in [2.05, 4.69) is 4.72 Å². The van der Waals surface area contributed by atoms with Gasteiger partial charge in [0.2, 0.25) is 10.0 Å². The lowest BCUT2D eigenvalue weighted by molar-refractivity contribution is -0.0429. The summed E-state index contributed by atoms with van der Waals surface area (Å²) in [5, 5.41) is 0. The minimum Gasteiger partial charge on any atom is -0.276 e. The molecule has 11 heteroatoms. The molecule has 1 aromatic carbocycles. The predicted molar refractivity (Wildman–Crippen MR) is 75.3 cm³/mol. The average Bonchev–Trinajstić information content (AvgIpc) is 2.37. The van der Waals surface area contributed by atoms with Crippen LogP contribution < -0.4 is 9.44 Å². The molecule has 0 fully saturated rings. The molecule has 22 heavy (non-hydrogen) atoms. The fourth-order valence-corrected chi connectivity index (χ4v) is 3.30. The van der Waals surface area contributed by atoms with Crippen LogP contribution in [0.25, 0.3) is 0 Å². The first kappa shape index (κ1) is 18.7. The standard InChI is InChI=1S/C11H15F3N2O4S2/c1-3-8-7-9(21(17,18)15-4-2)5-6-10(8)16-22(19,20)11(12,13)14/h5-7,15-16H,3-4H2,1-2H3. The summed E-state index contributed by atoms with van der Waals surface area (Å²) in [6.45, 7) is 3.28. The third-order valence-electron chi connectivity index (χ3n) is 2.65. The summed E-state index contributed by atoms with van der Waals surface area (Å²) in [6, 6.07) is 3.16. The van der Waals surface area contributed by atoms with E-state index in [0.29, 0.717) is 0 Å². The molecule has 0 aliphatic carbocycles. The van der Waals surface area contributed by atoms with Gasteiger partial charge in [0.05, 0.1) is 10.6 Å².